The first-order valence-corrected chi connectivity index (χ1v) is 13.9. The number of allylic oxidation sites excluding steroid dienone is 1. The van der Waals surface area contributed by atoms with Crippen LogP contribution in [0.2, 0.25) is 0 Å². The van der Waals surface area contributed by atoms with Gasteiger partial charge in [0.1, 0.15) is 30.0 Å². The van der Waals surface area contributed by atoms with Gasteiger partial charge in [0.2, 0.25) is 0 Å². The molecule has 3 fully saturated rings. The molecule has 0 amide bonds. The van der Waals surface area contributed by atoms with Crippen molar-refractivity contribution in [2.75, 3.05) is 34.0 Å². The van der Waals surface area contributed by atoms with E-state index in [2.05, 4.69) is 26.8 Å². The van der Waals surface area contributed by atoms with Crippen LogP contribution in [-0.4, -0.2) is 75.6 Å². The predicted octanol–water partition coefficient (Wildman–Crippen LogP) is 5.13. The number of carbonyl (C=O) groups excluding carboxylic acids is 1. The van der Waals surface area contributed by atoms with E-state index in [1.54, 1.807) is 20.3 Å². The molecule has 1 saturated carbocycles. The normalized spacial score (nSPS) is 31.4. The Morgan fingerprint density at radius 2 is 1.95 bits per heavy atom. The van der Waals surface area contributed by atoms with Gasteiger partial charge in [-0.25, -0.2) is 4.79 Å². The molecule has 2 heterocycles. The van der Waals surface area contributed by atoms with Crippen molar-refractivity contribution in [1.82, 2.24) is 0 Å². The second kappa shape index (κ2) is 12.4. The molecule has 216 valence electrons. The summed E-state index contributed by atoms with van der Waals surface area (Å²) < 4.78 is 41.0. The third kappa shape index (κ3) is 7.04. The minimum absolute atomic E-state index is 0.0120. The molecule has 1 spiro atoms. The number of epoxide rings is 2. The lowest BCUT2D eigenvalue weighted by Crippen LogP contribution is -2.55. The zero-order valence-corrected chi connectivity index (χ0v) is 24.4. The third-order valence-corrected chi connectivity index (χ3v) is 7.90. The Hall–Kier alpha value is -2.39. The van der Waals surface area contributed by atoms with Crippen LogP contribution in [0.1, 0.15) is 59.4 Å². The summed E-state index contributed by atoms with van der Waals surface area (Å²) in [5.41, 5.74) is 1.44. The van der Waals surface area contributed by atoms with Gasteiger partial charge in [-0.05, 0) is 77.7 Å². The number of ether oxygens (including phenoxy) is 7. The maximum Gasteiger partial charge on any atom is 0.331 e. The van der Waals surface area contributed by atoms with Gasteiger partial charge in [-0.15, -0.1) is 0 Å². The number of benzene rings is 1. The van der Waals surface area contributed by atoms with E-state index in [-0.39, 0.29) is 41.5 Å². The van der Waals surface area contributed by atoms with Crippen LogP contribution in [0.25, 0.3) is 6.08 Å². The molecule has 0 bridgehead atoms. The molecule has 0 aromatic heterocycles. The molecular weight excluding hydrogens is 500 g/mol. The quantitative estimate of drug-likeness (QED) is 0.111. The van der Waals surface area contributed by atoms with E-state index in [1.165, 1.54) is 11.6 Å². The number of hydrogen-bond acceptors (Lipinski definition) is 8. The molecule has 1 aliphatic carbocycles. The van der Waals surface area contributed by atoms with Crippen LogP contribution >= 0.6 is 0 Å². The van der Waals surface area contributed by atoms with Crippen LogP contribution in [0, 0.1) is 5.92 Å². The fourth-order valence-corrected chi connectivity index (χ4v) is 5.77. The lowest BCUT2D eigenvalue weighted by molar-refractivity contribution is -0.166. The molecule has 1 aromatic rings. The Morgan fingerprint density at radius 3 is 2.59 bits per heavy atom. The van der Waals surface area contributed by atoms with E-state index < -0.39 is 5.97 Å². The predicted molar refractivity (Wildman–Crippen MR) is 148 cm³/mol. The Bertz CT molecular complexity index is 1050. The first-order valence-electron chi connectivity index (χ1n) is 13.9. The number of carbonyl (C=O) groups is 1. The van der Waals surface area contributed by atoms with Crippen molar-refractivity contribution in [3.8, 4) is 11.5 Å². The zero-order valence-electron chi connectivity index (χ0n) is 24.4. The van der Waals surface area contributed by atoms with Gasteiger partial charge in [-0.3, -0.25) is 0 Å². The summed E-state index contributed by atoms with van der Waals surface area (Å²) in [6.45, 7) is 11.8. The SMILES string of the molecule is COc1ccc(/C=C/C(=O)O[C@@H]2CCC3(CO3)[C@@H](C3(C)O[C@H]3CC=C(C)C)[C@@H]2OC)cc1OCCOC(C)C. The van der Waals surface area contributed by atoms with Crippen molar-refractivity contribution in [1.29, 1.82) is 0 Å². The molecule has 0 radical (unpaired) electrons. The van der Waals surface area contributed by atoms with E-state index in [9.17, 15) is 4.79 Å². The highest BCUT2D eigenvalue weighted by Gasteiger charge is 2.72. The van der Waals surface area contributed by atoms with Gasteiger partial charge in [0.15, 0.2) is 11.5 Å². The monoisotopic (exact) mass is 544 g/mol. The van der Waals surface area contributed by atoms with Gasteiger partial charge in [-0.1, -0.05) is 17.7 Å². The highest BCUT2D eigenvalue weighted by Crippen LogP contribution is 2.59. The summed E-state index contributed by atoms with van der Waals surface area (Å²) in [5, 5.41) is 0. The Balaban J connectivity index is 1.39. The van der Waals surface area contributed by atoms with Crippen molar-refractivity contribution in [2.24, 2.45) is 5.92 Å². The lowest BCUT2D eigenvalue weighted by Gasteiger charge is -2.42. The maximum atomic E-state index is 12.9. The van der Waals surface area contributed by atoms with Crippen LogP contribution in [0.3, 0.4) is 0 Å². The Kier molecular flexibility index (Phi) is 9.42. The minimum atomic E-state index is -0.417. The summed E-state index contributed by atoms with van der Waals surface area (Å²) in [6, 6.07) is 5.51. The van der Waals surface area contributed by atoms with Crippen molar-refractivity contribution >= 4 is 12.0 Å². The second-order valence-corrected chi connectivity index (χ2v) is 11.4. The number of hydrogen-bond donors (Lipinski definition) is 0. The van der Waals surface area contributed by atoms with Gasteiger partial charge in [0.25, 0.3) is 0 Å². The molecule has 0 N–H and O–H groups in total. The molecule has 4 rings (SSSR count). The average Bonchev–Trinajstić information content (AvgIpc) is 3.82. The maximum absolute atomic E-state index is 12.9. The first-order chi connectivity index (χ1) is 18.6. The molecular formula is C31H44O8. The molecule has 2 unspecified atom stereocenters. The number of rotatable bonds is 13. The Morgan fingerprint density at radius 1 is 1.18 bits per heavy atom. The van der Waals surface area contributed by atoms with Crippen molar-refractivity contribution in [2.45, 2.75) is 89.5 Å². The van der Waals surface area contributed by atoms with Gasteiger partial charge in [0.05, 0.1) is 38.4 Å². The standard InChI is InChI=1S/C31H44O8/c1-20(2)8-12-26-30(5,39-26)29-28(34-7)24(14-15-31(29)19-37-31)38-27(32)13-10-22-9-11-23(33-6)25(18-22)36-17-16-35-21(3)4/h8-11,13,18,21,24,26,28-29H,12,14-17,19H2,1-7H3/b13-10+/t24-,26+,28-,29-,30?,31?/m1/s1. The number of esters is 1. The molecule has 6 atom stereocenters. The molecule has 39 heavy (non-hydrogen) atoms. The molecule has 8 heteroatoms. The molecule has 2 saturated heterocycles. The van der Waals surface area contributed by atoms with E-state index in [4.69, 9.17) is 33.2 Å². The highest BCUT2D eigenvalue weighted by molar-refractivity contribution is 5.87. The van der Waals surface area contributed by atoms with E-state index in [1.807, 2.05) is 32.0 Å². The first kappa shape index (κ1) is 29.6. The van der Waals surface area contributed by atoms with Gasteiger partial charge in [-0.2, -0.15) is 0 Å². The summed E-state index contributed by atoms with van der Waals surface area (Å²) in [5.74, 6) is 0.775. The topological polar surface area (TPSA) is 88.3 Å². The van der Waals surface area contributed by atoms with Crippen LogP contribution in [0.15, 0.2) is 35.9 Å². The largest absolute Gasteiger partial charge is 0.493 e. The fraction of sp³-hybridized carbons (Fsp3) is 0.645. The van der Waals surface area contributed by atoms with Crippen LogP contribution in [0.4, 0.5) is 0 Å². The van der Waals surface area contributed by atoms with Crippen LogP contribution < -0.4 is 9.47 Å². The number of methoxy groups -OCH3 is 2. The lowest BCUT2D eigenvalue weighted by atomic mass is 9.68. The summed E-state index contributed by atoms with van der Waals surface area (Å²) in [4.78, 5) is 12.9. The molecule has 8 nitrogen and oxygen atoms in total. The summed E-state index contributed by atoms with van der Waals surface area (Å²) in [7, 11) is 3.27. The third-order valence-electron chi connectivity index (χ3n) is 7.90. The zero-order chi connectivity index (χ0) is 28.2. The van der Waals surface area contributed by atoms with E-state index in [0.29, 0.717) is 37.7 Å². The van der Waals surface area contributed by atoms with E-state index in [0.717, 1.165) is 18.4 Å². The summed E-state index contributed by atoms with van der Waals surface area (Å²) in [6.07, 6.45) is 7.27. The van der Waals surface area contributed by atoms with Gasteiger partial charge in [0, 0.05) is 13.2 Å². The minimum Gasteiger partial charge on any atom is -0.493 e. The molecule has 2 aliphatic heterocycles. The van der Waals surface area contributed by atoms with Gasteiger partial charge >= 0.3 is 5.97 Å². The summed E-state index contributed by atoms with van der Waals surface area (Å²) >= 11 is 0. The van der Waals surface area contributed by atoms with Gasteiger partial charge < -0.3 is 33.2 Å². The average molecular weight is 545 g/mol. The van der Waals surface area contributed by atoms with Crippen molar-refractivity contribution in [3.63, 3.8) is 0 Å². The Labute approximate surface area is 232 Å². The molecule has 3 aliphatic rings. The van der Waals surface area contributed by atoms with Crippen molar-refractivity contribution in [3.05, 3.63) is 41.5 Å². The fourth-order valence-electron chi connectivity index (χ4n) is 5.77. The molecule has 1 aromatic carbocycles. The van der Waals surface area contributed by atoms with Crippen LogP contribution in [0.5, 0.6) is 11.5 Å². The highest BCUT2D eigenvalue weighted by atomic mass is 16.6. The second-order valence-electron chi connectivity index (χ2n) is 11.4. The van der Waals surface area contributed by atoms with E-state index >= 15 is 0 Å². The smallest absolute Gasteiger partial charge is 0.331 e. The van der Waals surface area contributed by atoms with Crippen molar-refractivity contribution < 1.29 is 38.0 Å². The van der Waals surface area contributed by atoms with Crippen LogP contribution in [-0.2, 0) is 28.5 Å².